The number of rotatable bonds is 6. The molecule has 6 nitrogen and oxygen atoms in total. The lowest BCUT2D eigenvalue weighted by Gasteiger charge is -2.13. The molecule has 0 spiro atoms. The molecular weight excluding hydrogens is 198 g/mol. The Morgan fingerprint density at radius 3 is 2.47 bits per heavy atom. The first-order valence-electron chi connectivity index (χ1n) is 4.64. The summed E-state index contributed by atoms with van der Waals surface area (Å²) in [5.74, 6) is -0.991. The van der Waals surface area contributed by atoms with E-state index in [-0.39, 0.29) is 18.4 Å². The van der Waals surface area contributed by atoms with Crippen LogP contribution in [-0.2, 0) is 14.4 Å². The van der Waals surface area contributed by atoms with Crippen LogP contribution in [0, 0.1) is 0 Å². The molecule has 6 heteroatoms. The highest BCUT2D eigenvalue weighted by atomic mass is 16.2. The van der Waals surface area contributed by atoms with Gasteiger partial charge in [0, 0.05) is 18.7 Å². The minimum Gasteiger partial charge on any atom is -0.369 e. The molecule has 0 radical (unpaired) electrons. The largest absolute Gasteiger partial charge is 0.369 e. The van der Waals surface area contributed by atoms with Gasteiger partial charge in [-0.15, -0.1) is 0 Å². The van der Waals surface area contributed by atoms with E-state index in [2.05, 4.69) is 5.32 Å². The van der Waals surface area contributed by atoms with Crippen molar-refractivity contribution in [1.82, 2.24) is 10.2 Å². The van der Waals surface area contributed by atoms with Crippen LogP contribution < -0.4 is 11.1 Å². The minimum absolute atomic E-state index is 0.111. The number of nitrogens with zero attached hydrogens (tertiary/aromatic N) is 1. The first-order valence-corrected chi connectivity index (χ1v) is 4.64. The van der Waals surface area contributed by atoms with Gasteiger partial charge >= 0.3 is 0 Å². The fraction of sp³-hybridized carbons (Fsp3) is 0.444. The van der Waals surface area contributed by atoms with Gasteiger partial charge < -0.3 is 11.1 Å². The maximum absolute atomic E-state index is 11.1. The molecule has 0 aromatic carbocycles. The van der Waals surface area contributed by atoms with E-state index in [1.165, 1.54) is 12.2 Å². The maximum atomic E-state index is 11.1. The molecule has 0 aromatic heterocycles. The van der Waals surface area contributed by atoms with Gasteiger partial charge in [-0.1, -0.05) is 0 Å². The molecule has 3 amide bonds. The fourth-order valence-corrected chi connectivity index (χ4v) is 1.23. The van der Waals surface area contributed by atoms with E-state index >= 15 is 0 Å². The Kier molecular flexibility index (Phi) is 3.99. The second-order valence-corrected chi connectivity index (χ2v) is 3.16. The molecular formula is C9H13N3O3. The number of hydrogen-bond acceptors (Lipinski definition) is 4. The predicted octanol–water partition coefficient (Wildman–Crippen LogP) is -1.62. The Balaban J connectivity index is 2.13. The standard InChI is InChI=1S/C9H13N3O3/c10-7(13)6-11-4-1-5-12-8(14)2-3-9(12)15/h2-3,11H,1,4-6H2,(H2,10,13). The number of nitrogens with one attached hydrogen (secondary N) is 1. The monoisotopic (exact) mass is 211 g/mol. The van der Waals surface area contributed by atoms with Crippen molar-refractivity contribution in [2.24, 2.45) is 5.73 Å². The highest BCUT2D eigenvalue weighted by molar-refractivity contribution is 6.12. The number of carbonyl (C=O) groups excluding carboxylic acids is 3. The second-order valence-electron chi connectivity index (χ2n) is 3.16. The van der Waals surface area contributed by atoms with Crippen LogP contribution in [0.5, 0.6) is 0 Å². The van der Waals surface area contributed by atoms with Gasteiger partial charge in [0.25, 0.3) is 11.8 Å². The van der Waals surface area contributed by atoms with Crippen molar-refractivity contribution in [1.29, 1.82) is 0 Å². The minimum atomic E-state index is -0.426. The molecule has 0 aliphatic carbocycles. The van der Waals surface area contributed by atoms with Crippen LogP contribution in [0.3, 0.4) is 0 Å². The SMILES string of the molecule is NC(=O)CNCCCN1C(=O)C=CC1=O. The summed E-state index contributed by atoms with van der Waals surface area (Å²) in [5.41, 5.74) is 4.91. The Morgan fingerprint density at radius 1 is 1.33 bits per heavy atom. The number of nitrogens with two attached hydrogens (primary N) is 1. The van der Waals surface area contributed by atoms with Gasteiger partial charge in [-0.3, -0.25) is 19.3 Å². The third-order valence-corrected chi connectivity index (χ3v) is 1.94. The number of amides is 3. The molecule has 1 heterocycles. The lowest BCUT2D eigenvalue weighted by Crippen LogP contribution is -2.34. The highest BCUT2D eigenvalue weighted by Crippen LogP contribution is 2.03. The van der Waals surface area contributed by atoms with Crippen molar-refractivity contribution in [3.05, 3.63) is 12.2 Å². The van der Waals surface area contributed by atoms with Crippen LogP contribution in [0.4, 0.5) is 0 Å². The summed E-state index contributed by atoms with van der Waals surface area (Å²) in [6, 6.07) is 0. The van der Waals surface area contributed by atoms with E-state index < -0.39 is 5.91 Å². The molecule has 1 rings (SSSR count). The summed E-state index contributed by atoms with van der Waals surface area (Å²) in [7, 11) is 0. The quantitative estimate of drug-likeness (QED) is 0.408. The van der Waals surface area contributed by atoms with Gasteiger partial charge in [-0.25, -0.2) is 0 Å². The zero-order chi connectivity index (χ0) is 11.3. The highest BCUT2D eigenvalue weighted by Gasteiger charge is 2.21. The van der Waals surface area contributed by atoms with Crippen molar-refractivity contribution >= 4 is 17.7 Å². The molecule has 1 aliphatic heterocycles. The fourth-order valence-electron chi connectivity index (χ4n) is 1.23. The summed E-state index contributed by atoms with van der Waals surface area (Å²) < 4.78 is 0. The van der Waals surface area contributed by atoms with Gasteiger partial charge in [0.15, 0.2) is 0 Å². The van der Waals surface area contributed by atoms with Crippen LogP contribution in [0.25, 0.3) is 0 Å². The van der Waals surface area contributed by atoms with Gasteiger partial charge in [-0.05, 0) is 13.0 Å². The maximum Gasteiger partial charge on any atom is 0.253 e. The lowest BCUT2D eigenvalue weighted by molar-refractivity contribution is -0.136. The van der Waals surface area contributed by atoms with E-state index in [0.29, 0.717) is 19.5 Å². The molecule has 0 bridgehead atoms. The summed E-state index contributed by atoms with van der Waals surface area (Å²) in [4.78, 5) is 33.7. The van der Waals surface area contributed by atoms with Gasteiger partial charge in [0.2, 0.25) is 5.91 Å². The predicted molar refractivity (Wildman–Crippen MR) is 52.5 cm³/mol. The van der Waals surface area contributed by atoms with Crippen molar-refractivity contribution in [3.8, 4) is 0 Å². The van der Waals surface area contributed by atoms with Crippen LogP contribution in [-0.4, -0.2) is 42.3 Å². The normalized spacial score (nSPS) is 15.1. The molecule has 1 aliphatic rings. The molecule has 0 fully saturated rings. The first-order chi connectivity index (χ1) is 7.11. The number of imide groups is 1. The lowest BCUT2D eigenvalue weighted by atomic mass is 10.3. The zero-order valence-corrected chi connectivity index (χ0v) is 8.23. The van der Waals surface area contributed by atoms with Gasteiger partial charge in [-0.2, -0.15) is 0 Å². The smallest absolute Gasteiger partial charge is 0.253 e. The average Bonchev–Trinajstić information content (AvgIpc) is 2.47. The molecule has 0 unspecified atom stereocenters. The van der Waals surface area contributed by atoms with Crippen molar-refractivity contribution < 1.29 is 14.4 Å². The van der Waals surface area contributed by atoms with Crippen LogP contribution in [0.1, 0.15) is 6.42 Å². The first kappa shape index (κ1) is 11.4. The summed E-state index contributed by atoms with van der Waals surface area (Å²) in [5, 5.41) is 2.79. The van der Waals surface area contributed by atoms with E-state index in [1.54, 1.807) is 0 Å². The van der Waals surface area contributed by atoms with Crippen LogP contribution in [0.15, 0.2) is 12.2 Å². The van der Waals surface area contributed by atoms with Gasteiger partial charge in [0.05, 0.1) is 6.54 Å². The van der Waals surface area contributed by atoms with E-state index in [0.717, 1.165) is 4.90 Å². The third-order valence-electron chi connectivity index (χ3n) is 1.94. The molecule has 0 atom stereocenters. The third kappa shape index (κ3) is 3.51. The van der Waals surface area contributed by atoms with Crippen LogP contribution >= 0.6 is 0 Å². The summed E-state index contributed by atoms with van der Waals surface area (Å²) >= 11 is 0. The molecule has 0 saturated heterocycles. The molecule has 3 N–H and O–H groups in total. The second kappa shape index (κ2) is 5.26. The molecule has 82 valence electrons. The number of primary amides is 1. The summed E-state index contributed by atoms with van der Waals surface area (Å²) in [6.45, 7) is 1.01. The molecule has 0 aromatic rings. The number of hydrogen-bond donors (Lipinski definition) is 2. The van der Waals surface area contributed by atoms with E-state index in [4.69, 9.17) is 5.73 Å². The van der Waals surface area contributed by atoms with Crippen molar-refractivity contribution in [3.63, 3.8) is 0 Å². The van der Waals surface area contributed by atoms with Gasteiger partial charge in [0.1, 0.15) is 0 Å². The molecule has 0 saturated carbocycles. The van der Waals surface area contributed by atoms with E-state index in [1.807, 2.05) is 0 Å². The Labute approximate surface area is 87.1 Å². The average molecular weight is 211 g/mol. The van der Waals surface area contributed by atoms with E-state index in [9.17, 15) is 14.4 Å². The zero-order valence-electron chi connectivity index (χ0n) is 8.23. The Bertz CT molecular complexity index is 294. The Hall–Kier alpha value is -1.69. The Morgan fingerprint density at radius 2 is 1.93 bits per heavy atom. The number of carbonyl (C=O) groups is 3. The topological polar surface area (TPSA) is 92.5 Å². The van der Waals surface area contributed by atoms with Crippen LogP contribution in [0.2, 0.25) is 0 Å². The summed E-state index contributed by atoms with van der Waals surface area (Å²) in [6.07, 6.45) is 3.10. The van der Waals surface area contributed by atoms with Crippen molar-refractivity contribution in [2.45, 2.75) is 6.42 Å². The molecule has 15 heavy (non-hydrogen) atoms. The van der Waals surface area contributed by atoms with Crippen molar-refractivity contribution in [2.75, 3.05) is 19.6 Å².